The van der Waals surface area contributed by atoms with Gasteiger partial charge in [0.25, 0.3) is 0 Å². The summed E-state index contributed by atoms with van der Waals surface area (Å²) in [5.74, 6) is 0.904. The molecule has 1 N–H and O–H groups in total. The number of ether oxygens (including phenoxy) is 1. The van der Waals surface area contributed by atoms with Crippen molar-refractivity contribution < 1.29 is 9.84 Å². The van der Waals surface area contributed by atoms with E-state index in [1.54, 1.807) is 4.52 Å². The summed E-state index contributed by atoms with van der Waals surface area (Å²) in [7, 11) is 0. The van der Waals surface area contributed by atoms with Crippen molar-refractivity contribution in [3.63, 3.8) is 0 Å². The Hall–Kier alpha value is -1.67. The Kier molecular flexibility index (Phi) is 4.64. The van der Waals surface area contributed by atoms with Crippen LogP contribution in [-0.2, 0) is 11.2 Å². The highest BCUT2D eigenvalue weighted by Crippen LogP contribution is 2.40. The molecule has 0 radical (unpaired) electrons. The van der Waals surface area contributed by atoms with E-state index in [-0.39, 0.29) is 11.9 Å². The fourth-order valence-corrected chi connectivity index (χ4v) is 4.39. The summed E-state index contributed by atoms with van der Waals surface area (Å²) in [5, 5.41) is 15.9. The van der Waals surface area contributed by atoms with E-state index in [9.17, 15) is 5.11 Å². The van der Waals surface area contributed by atoms with E-state index in [2.05, 4.69) is 15.0 Å². The standard InChI is InChI=1S/C17H19ClN4O2S/c1-2-13-19-17-22(20-13)16(23)15(25-17)14(21-7-9-24-10-8-21)11-3-5-12(18)6-4-11/h3-6,14,23H,2,7-10H2,1H3/t14-/m1/s1. The highest BCUT2D eigenvalue weighted by Gasteiger charge is 2.30. The molecule has 25 heavy (non-hydrogen) atoms. The number of fused-ring (bicyclic) bond motifs is 1. The van der Waals surface area contributed by atoms with Gasteiger partial charge in [0.15, 0.2) is 5.82 Å². The summed E-state index contributed by atoms with van der Waals surface area (Å²) in [6, 6.07) is 7.71. The number of aromatic nitrogens is 3. The Bertz CT molecular complexity index is 871. The van der Waals surface area contributed by atoms with Gasteiger partial charge < -0.3 is 9.84 Å². The third kappa shape index (κ3) is 3.13. The minimum absolute atomic E-state index is 0.0697. The second kappa shape index (κ2) is 6.92. The number of halogens is 1. The van der Waals surface area contributed by atoms with Gasteiger partial charge in [0.2, 0.25) is 10.8 Å². The zero-order chi connectivity index (χ0) is 17.4. The van der Waals surface area contributed by atoms with Crippen LogP contribution in [-0.4, -0.2) is 50.9 Å². The van der Waals surface area contributed by atoms with Crippen molar-refractivity contribution in [1.29, 1.82) is 0 Å². The minimum Gasteiger partial charge on any atom is -0.492 e. The number of rotatable bonds is 4. The van der Waals surface area contributed by atoms with Crippen LogP contribution in [0.1, 0.15) is 29.2 Å². The third-order valence-corrected chi connectivity index (χ3v) is 5.73. The molecule has 6 nitrogen and oxygen atoms in total. The number of nitrogens with zero attached hydrogens (tertiary/aromatic N) is 4. The van der Waals surface area contributed by atoms with Crippen molar-refractivity contribution >= 4 is 27.9 Å². The maximum absolute atomic E-state index is 10.8. The van der Waals surface area contributed by atoms with Gasteiger partial charge in [0.1, 0.15) is 0 Å². The van der Waals surface area contributed by atoms with Crippen molar-refractivity contribution in [1.82, 2.24) is 19.5 Å². The van der Waals surface area contributed by atoms with Crippen molar-refractivity contribution in [3.05, 3.63) is 45.6 Å². The monoisotopic (exact) mass is 378 g/mol. The van der Waals surface area contributed by atoms with Crippen LogP contribution in [0.25, 0.3) is 4.96 Å². The molecule has 4 rings (SSSR count). The molecular formula is C17H19ClN4O2S. The summed E-state index contributed by atoms with van der Waals surface area (Å²) >= 11 is 7.54. The molecule has 1 aromatic carbocycles. The smallest absolute Gasteiger partial charge is 0.230 e. The molecule has 1 aliphatic heterocycles. The molecule has 1 saturated heterocycles. The predicted molar refractivity (Wildman–Crippen MR) is 97.6 cm³/mol. The Morgan fingerprint density at radius 3 is 2.64 bits per heavy atom. The lowest BCUT2D eigenvalue weighted by Crippen LogP contribution is -2.39. The van der Waals surface area contributed by atoms with Gasteiger partial charge in [-0.25, -0.2) is 4.98 Å². The number of aromatic hydroxyl groups is 1. The first-order chi connectivity index (χ1) is 12.2. The molecule has 3 aromatic rings. The number of aryl methyl sites for hydroxylation is 1. The zero-order valence-electron chi connectivity index (χ0n) is 13.9. The molecular weight excluding hydrogens is 360 g/mol. The highest BCUT2D eigenvalue weighted by molar-refractivity contribution is 7.17. The summed E-state index contributed by atoms with van der Waals surface area (Å²) in [4.78, 5) is 8.38. The molecule has 1 atom stereocenters. The van der Waals surface area contributed by atoms with E-state index in [0.717, 1.165) is 40.7 Å². The normalized spacial score (nSPS) is 17.2. The minimum atomic E-state index is -0.0697. The van der Waals surface area contributed by atoms with Crippen LogP contribution < -0.4 is 0 Å². The van der Waals surface area contributed by atoms with E-state index >= 15 is 0 Å². The summed E-state index contributed by atoms with van der Waals surface area (Å²) < 4.78 is 7.04. The van der Waals surface area contributed by atoms with E-state index in [4.69, 9.17) is 16.3 Å². The fourth-order valence-electron chi connectivity index (χ4n) is 3.13. The molecule has 2 aromatic heterocycles. The fraction of sp³-hybridized carbons (Fsp3) is 0.412. The lowest BCUT2D eigenvalue weighted by molar-refractivity contribution is 0.0241. The Morgan fingerprint density at radius 2 is 2.00 bits per heavy atom. The maximum atomic E-state index is 10.8. The van der Waals surface area contributed by atoms with Gasteiger partial charge in [0, 0.05) is 24.5 Å². The highest BCUT2D eigenvalue weighted by atomic mass is 35.5. The number of benzene rings is 1. The van der Waals surface area contributed by atoms with Crippen LogP contribution in [0.3, 0.4) is 0 Å². The summed E-state index contributed by atoms with van der Waals surface area (Å²) in [6.45, 7) is 4.99. The van der Waals surface area contributed by atoms with Crippen LogP contribution in [0.15, 0.2) is 24.3 Å². The SMILES string of the molecule is CCc1nc2sc([C@@H](c3ccc(Cl)cc3)N3CCOCC3)c(O)n2n1. The van der Waals surface area contributed by atoms with Crippen LogP contribution in [0, 0.1) is 0 Å². The molecule has 8 heteroatoms. The van der Waals surface area contributed by atoms with Crippen molar-refractivity contribution in [3.8, 4) is 5.88 Å². The first-order valence-corrected chi connectivity index (χ1v) is 9.51. The average molecular weight is 379 g/mol. The third-order valence-electron chi connectivity index (χ3n) is 4.40. The van der Waals surface area contributed by atoms with Gasteiger partial charge in [-0.15, -0.1) is 5.10 Å². The predicted octanol–water partition coefficient (Wildman–Crippen LogP) is 3.13. The van der Waals surface area contributed by atoms with Gasteiger partial charge in [-0.2, -0.15) is 4.52 Å². The molecule has 0 amide bonds. The molecule has 1 fully saturated rings. The molecule has 0 unspecified atom stereocenters. The van der Waals surface area contributed by atoms with E-state index < -0.39 is 0 Å². The van der Waals surface area contributed by atoms with Gasteiger partial charge >= 0.3 is 0 Å². The Morgan fingerprint density at radius 1 is 1.28 bits per heavy atom. The van der Waals surface area contributed by atoms with Crippen LogP contribution in [0.5, 0.6) is 5.88 Å². The van der Waals surface area contributed by atoms with Gasteiger partial charge in [-0.1, -0.05) is 42.0 Å². The van der Waals surface area contributed by atoms with E-state index in [0.29, 0.717) is 18.2 Å². The second-order valence-electron chi connectivity index (χ2n) is 5.97. The van der Waals surface area contributed by atoms with Gasteiger partial charge in [-0.05, 0) is 17.7 Å². The van der Waals surface area contributed by atoms with Crippen molar-refractivity contribution in [2.45, 2.75) is 19.4 Å². The first-order valence-electron chi connectivity index (χ1n) is 8.32. The summed E-state index contributed by atoms with van der Waals surface area (Å²) in [5.41, 5.74) is 1.09. The molecule has 0 saturated carbocycles. The quantitative estimate of drug-likeness (QED) is 0.755. The number of thiazole rings is 1. The lowest BCUT2D eigenvalue weighted by Gasteiger charge is -2.34. The molecule has 132 valence electrons. The van der Waals surface area contributed by atoms with Gasteiger partial charge in [-0.3, -0.25) is 4.90 Å². The Balaban J connectivity index is 1.80. The van der Waals surface area contributed by atoms with E-state index in [1.165, 1.54) is 11.3 Å². The van der Waals surface area contributed by atoms with Crippen LogP contribution in [0.4, 0.5) is 0 Å². The molecule has 0 aliphatic carbocycles. The first kappa shape index (κ1) is 16.8. The lowest BCUT2D eigenvalue weighted by atomic mass is 10.0. The molecule has 0 bridgehead atoms. The second-order valence-corrected chi connectivity index (χ2v) is 7.41. The summed E-state index contributed by atoms with van der Waals surface area (Å²) in [6.07, 6.45) is 0.743. The molecule has 3 heterocycles. The number of hydrogen-bond donors (Lipinski definition) is 1. The van der Waals surface area contributed by atoms with E-state index in [1.807, 2.05) is 31.2 Å². The van der Waals surface area contributed by atoms with Crippen molar-refractivity contribution in [2.24, 2.45) is 0 Å². The van der Waals surface area contributed by atoms with Crippen molar-refractivity contribution in [2.75, 3.05) is 26.3 Å². The van der Waals surface area contributed by atoms with Gasteiger partial charge in [0.05, 0.1) is 24.1 Å². The van der Waals surface area contributed by atoms with Crippen LogP contribution >= 0.6 is 22.9 Å². The molecule has 1 aliphatic rings. The Labute approximate surface area is 154 Å². The maximum Gasteiger partial charge on any atom is 0.230 e. The number of hydrogen-bond acceptors (Lipinski definition) is 6. The molecule has 0 spiro atoms. The largest absolute Gasteiger partial charge is 0.492 e. The number of morpholine rings is 1. The average Bonchev–Trinajstić information content (AvgIpc) is 3.18. The topological polar surface area (TPSA) is 62.9 Å². The zero-order valence-corrected chi connectivity index (χ0v) is 15.4. The van der Waals surface area contributed by atoms with Crippen LogP contribution in [0.2, 0.25) is 5.02 Å².